The summed E-state index contributed by atoms with van der Waals surface area (Å²) in [6, 6.07) is -1.16. The molecule has 4 atom stereocenters. The predicted octanol–water partition coefficient (Wildman–Crippen LogP) is -0.590. The normalized spacial score (nSPS) is 23.7. The Balaban J connectivity index is 3.08. The molecule has 1 fully saturated rings. The Kier molecular flexibility index (Phi) is 8.97. The lowest BCUT2D eigenvalue weighted by atomic mass is 9.92. The number of nitrogens with zero attached hydrogens (tertiary/aromatic N) is 1. The summed E-state index contributed by atoms with van der Waals surface area (Å²) in [6.45, 7) is 6.41. The SMILES string of the molecule is CCCCN(CC)C(=O)C(NC(C)=O)C1CC(C(=O)O)CC1NC(N)N. The number of amides is 2. The number of hydrogen-bond donors (Lipinski definition) is 5. The highest BCUT2D eigenvalue weighted by atomic mass is 16.4. The average molecular weight is 371 g/mol. The van der Waals surface area contributed by atoms with Crippen LogP contribution in [0.5, 0.6) is 0 Å². The summed E-state index contributed by atoms with van der Waals surface area (Å²) in [5.41, 5.74) is 11.2. The zero-order valence-corrected chi connectivity index (χ0v) is 15.9. The molecular formula is C17H33N5O4. The van der Waals surface area contributed by atoms with Gasteiger partial charge in [-0.3, -0.25) is 19.7 Å². The largest absolute Gasteiger partial charge is 0.481 e. The lowest BCUT2D eigenvalue weighted by molar-refractivity contribution is -0.142. The highest BCUT2D eigenvalue weighted by Crippen LogP contribution is 2.34. The van der Waals surface area contributed by atoms with Crippen LogP contribution < -0.4 is 22.1 Å². The molecule has 0 saturated heterocycles. The standard InChI is InChI=1S/C17H33N5O4/c1-4-6-7-22(5-2)15(24)14(20-10(3)23)12-8-11(16(25)26)9-13(12)21-17(18)19/h11-14,17,21H,4-9,18-19H2,1-3H3,(H,20,23)(H,25,26). The van der Waals surface area contributed by atoms with Crippen molar-refractivity contribution in [3.8, 4) is 0 Å². The van der Waals surface area contributed by atoms with Gasteiger partial charge >= 0.3 is 5.97 Å². The Hall–Kier alpha value is -1.71. The molecule has 9 nitrogen and oxygen atoms in total. The van der Waals surface area contributed by atoms with Crippen LogP contribution in [-0.2, 0) is 14.4 Å². The number of nitrogens with one attached hydrogen (secondary N) is 2. The van der Waals surface area contributed by atoms with Gasteiger partial charge < -0.3 is 26.8 Å². The molecule has 0 aromatic rings. The van der Waals surface area contributed by atoms with Crippen molar-refractivity contribution in [1.29, 1.82) is 0 Å². The molecular weight excluding hydrogens is 338 g/mol. The Morgan fingerprint density at radius 1 is 1.23 bits per heavy atom. The fraction of sp³-hybridized carbons (Fsp3) is 0.824. The summed E-state index contributed by atoms with van der Waals surface area (Å²) in [7, 11) is 0. The summed E-state index contributed by atoms with van der Waals surface area (Å²) in [6.07, 6.45) is 1.58. The Labute approximate surface area is 154 Å². The van der Waals surface area contributed by atoms with E-state index in [4.69, 9.17) is 11.5 Å². The van der Waals surface area contributed by atoms with Crippen molar-refractivity contribution in [3.63, 3.8) is 0 Å². The van der Waals surface area contributed by atoms with Crippen LogP contribution in [0.3, 0.4) is 0 Å². The number of aliphatic carboxylic acids is 1. The molecule has 9 heteroatoms. The topological polar surface area (TPSA) is 151 Å². The van der Waals surface area contributed by atoms with Gasteiger partial charge in [0.1, 0.15) is 12.3 Å². The molecule has 4 unspecified atom stereocenters. The maximum Gasteiger partial charge on any atom is 0.306 e. The average Bonchev–Trinajstić information content (AvgIpc) is 2.96. The summed E-state index contributed by atoms with van der Waals surface area (Å²) in [5, 5.41) is 15.1. The molecule has 0 aliphatic heterocycles. The van der Waals surface area contributed by atoms with E-state index < -0.39 is 30.1 Å². The van der Waals surface area contributed by atoms with E-state index in [1.165, 1.54) is 6.92 Å². The minimum absolute atomic E-state index is 0.190. The molecule has 26 heavy (non-hydrogen) atoms. The van der Waals surface area contributed by atoms with E-state index in [0.29, 0.717) is 19.5 Å². The highest BCUT2D eigenvalue weighted by Gasteiger charge is 2.45. The molecule has 1 aliphatic rings. The third-order valence-corrected chi connectivity index (χ3v) is 4.90. The van der Waals surface area contributed by atoms with Crippen molar-refractivity contribution in [1.82, 2.24) is 15.5 Å². The van der Waals surface area contributed by atoms with Gasteiger partial charge in [-0.25, -0.2) is 0 Å². The van der Waals surface area contributed by atoms with Gasteiger partial charge in [-0.2, -0.15) is 0 Å². The van der Waals surface area contributed by atoms with E-state index in [9.17, 15) is 19.5 Å². The molecule has 150 valence electrons. The Morgan fingerprint density at radius 2 is 1.88 bits per heavy atom. The monoisotopic (exact) mass is 371 g/mol. The molecule has 1 aliphatic carbocycles. The van der Waals surface area contributed by atoms with Crippen molar-refractivity contribution in [2.24, 2.45) is 23.3 Å². The number of unbranched alkanes of at least 4 members (excludes halogenated alkanes) is 1. The summed E-state index contributed by atoms with van der Waals surface area (Å²) in [5.74, 6) is -2.44. The van der Waals surface area contributed by atoms with Crippen LogP contribution in [-0.4, -0.2) is 59.3 Å². The van der Waals surface area contributed by atoms with Crippen molar-refractivity contribution in [2.45, 2.75) is 64.8 Å². The van der Waals surface area contributed by atoms with Gasteiger partial charge in [0.05, 0.1) is 5.92 Å². The van der Waals surface area contributed by atoms with Crippen molar-refractivity contribution < 1.29 is 19.5 Å². The van der Waals surface area contributed by atoms with Gasteiger partial charge in [-0.15, -0.1) is 0 Å². The second-order valence-corrected chi connectivity index (χ2v) is 6.92. The first-order valence-electron chi connectivity index (χ1n) is 9.27. The van der Waals surface area contributed by atoms with Gasteiger partial charge in [0, 0.05) is 32.0 Å². The number of carbonyl (C=O) groups is 3. The summed E-state index contributed by atoms with van der Waals surface area (Å²) < 4.78 is 0. The zero-order chi connectivity index (χ0) is 19.9. The van der Waals surface area contributed by atoms with Gasteiger partial charge in [-0.1, -0.05) is 13.3 Å². The maximum atomic E-state index is 13.1. The highest BCUT2D eigenvalue weighted by molar-refractivity contribution is 5.87. The van der Waals surface area contributed by atoms with Crippen LogP contribution in [0.25, 0.3) is 0 Å². The van der Waals surface area contributed by atoms with Crippen molar-refractivity contribution in [2.75, 3.05) is 13.1 Å². The van der Waals surface area contributed by atoms with E-state index in [0.717, 1.165) is 12.8 Å². The van der Waals surface area contributed by atoms with Crippen LogP contribution in [0.15, 0.2) is 0 Å². The van der Waals surface area contributed by atoms with Crippen molar-refractivity contribution >= 4 is 17.8 Å². The van der Waals surface area contributed by atoms with Crippen LogP contribution >= 0.6 is 0 Å². The molecule has 0 aromatic heterocycles. The first kappa shape index (κ1) is 22.3. The second kappa shape index (κ2) is 10.4. The summed E-state index contributed by atoms with van der Waals surface area (Å²) >= 11 is 0. The first-order chi connectivity index (χ1) is 12.2. The predicted molar refractivity (Wildman–Crippen MR) is 97.7 cm³/mol. The third-order valence-electron chi connectivity index (χ3n) is 4.90. The van der Waals surface area contributed by atoms with E-state index in [-0.39, 0.29) is 24.3 Å². The Morgan fingerprint density at radius 3 is 2.35 bits per heavy atom. The zero-order valence-electron chi connectivity index (χ0n) is 15.9. The quantitative estimate of drug-likeness (QED) is 0.322. The fourth-order valence-corrected chi connectivity index (χ4v) is 3.62. The van der Waals surface area contributed by atoms with E-state index in [1.54, 1.807) is 4.90 Å². The third kappa shape index (κ3) is 6.22. The smallest absolute Gasteiger partial charge is 0.306 e. The van der Waals surface area contributed by atoms with Crippen LogP contribution in [0.2, 0.25) is 0 Å². The van der Waals surface area contributed by atoms with E-state index in [1.807, 2.05) is 13.8 Å². The van der Waals surface area contributed by atoms with E-state index >= 15 is 0 Å². The lowest BCUT2D eigenvalue weighted by Crippen LogP contribution is -2.58. The van der Waals surface area contributed by atoms with Crippen molar-refractivity contribution in [3.05, 3.63) is 0 Å². The van der Waals surface area contributed by atoms with Crippen LogP contribution in [0.4, 0.5) is 0 Å². The van der Waals surface area contributed by atoms with Crippen LogP contribution in [0, 0.1) is 11.8 Å². The van der Waals surface area contributed by atoms with E-state index in [2.05, 4.69) is 10.6 Å². The minimum atomic E-state index is -0.919. The molecule has 0 aromatic carbocycles. The van der Waals surface area contributed by atoms with Gasteiger partial charge in [0.2, 0.25) is 11.8 Å². The number of carboxylic acid groups (broad SMARTS) is 1. The molecule has 0 spiro atoms. The van der Waals surface area contributed by atoms with Gasteiger partial charge in [0.25, 0.3) is 0 Å². The van der Waals surface area contributed by atoms with Gasteiger partial charge in [-0.05, 0) is 26.2 Å². The number of carbonyl (C=O) groups excluding carboxylic acids is 2. The fourth-order valence-electron chi connectivity index (χ4n) is 3.62. The molecule has 2 amide bonds. The van der Waals surface area contributed by atoms with Gasteiger partial charge in [0.15, 0.2) is 0 Å². The number of carboxylic acids is 1. The van der Waals surface area contributed by atoms with Crippen LogP contribution in [0.1, 0.15) is 46.5 Å². The molecule has 1 saturated carbocycles. The second-order valence-electron chi connectivity index (χ2n) is 6.92. The maximum absolute atomic E-state index is 13.1. The summed E-state index contributed by atoms with van der Waals surface area (Å²) in [4.78, 5) is 38.0. The number of hydrogen-bond acceptors (Lipinski definition) is 6. The molecule has 0 radical (unpaired) electrons. The number of likely N-dealkylation sites (N-methyl/N-ethyl adjacent to an activating group) is 1. The number of rotatable bonds is 10. The number of nitrogens with two attached hydrogens (primary N) is 2. The lowest BCUT2D eigenvalue weighted by Gasteiger charge is -2.33. The molecule has 1 rings (SSSR count). The molecule has 7 N–H and O–H groups in total. The molecule has 0 heterocycles. The Bertz CT molecular complexity index is 500. The minimum Gasteiger partial charge on any atom is -0.481 e. The first-order valence-corrected chi connectivity index (χ1v) is 9.27. The molecule has 0 bridgehead atoms.